The second kappa shape index (κ2) is 6.81. The van der Waals surface area contributed by atoms with Gasteiger partial charge >= 0.3 is 0 Å². The predicted octanol–water partition coefficient (Wildman–Crippen LogP) is 6.60. The van der Waals surface area contributed by atoms with E-state index in [1.807, 2.05) is 18.2 Å². The Labute approximate surface area is 189 Å². The van der Waals surface area contributed by atoms with Gasteiger partial charge < -0.3 is 5.32 Å². The van der Waals surface area contributed by atoms with Gasteiger partial charge in [-0.1, -0.05) is 65.7 Å². The molecule has 3 nitrogen and oxygen atoms in total. The molecule has 0 saturated heterocycles. The molecule has 0 spiro atoms. The van der Waals surface area contributed by atoms with Gasteiger partial charge in [-0.2, -0.15) is 0 Å². The standard InChI is InChI=1S/C26H17Cl2NO2/c27-13-8-9-18(20(28)12-13)24-15-7-3-6-14(15)22-21(29-24)11-10-19-23(22)26(31)17-5-2-1-4-16(17)25(19)30/h1-6,8-12,14-15,24,29H,7H2/t14-,15+,24-/m1/s1. The summed E-state index contributed by atoms with van der Waals surface area (Å²) in [6, 6.07) is 16.3. The number of anilines is 1. The second-order valence-electron chi connectivity index (χ2n) is 8.29. The second-order valence-corrected chi connectivity index (χ2v) is 9.14. The lowest BCUT2D eigenvalue weighted by Crippen LogP contribution is -2.32. The summed E-state index contributed by atoms with van der Waals surface area (Å²) in [5, 5.41) is 4.85. The summed E-state index contributed by atoms with van der Waals surface area (Å²) >= 11 is 12.7. The van der Waals surface area contributed by atoms with Gasteiger partial charge in [0.2, 0.25) is 0 Å². The van der Waals surface area contributed by atoms with Crippen molar-refractivity contribution in [2.24, 2.45) is 5.92 Å². The number of fused-ring (bicyclic) bond motifs is 6. The summed E-state index contributed by atoms with van der Waals surface area (Å²) in [6.07, 6.45) is 5.19. The van der Waals surface area contributed by atoms with E-state index in [9.17, 15) is 9.59 Å². The first-order chi connectivity index (χ1) is 15.0. The molecular formula is C26H17Cl2NO2. The third kappa shape index (κ3) is 2.67. The van der Waals surface area contributed by atoms with Gasteiger partial charge in [-0.25, -0.2) is 0 Å². The highest BCUT2D eigenvalue weighted by Crippen LogP contribution is 2.53. The fourth-order valence-corrected chi connectivity index (χ4v) is 5.87. The van der Waals surface area contributed by atoms with Gasteiger partial charge in [0.05, 0.1) is 6.04 Å². The van der Waals surface area contributed by atoms with Crippen LogP contribution in [0.15, 0.2) is 66.7 Å². The van der Waals surface area contributed by atoms with E-state index in [1.165, 1.54) is 0 Å². The van der Waals surface area contributed by atoms with E-state index in [1.54, 1.807) is 36.4 Å². The minimum absolute atomic E-state index is 0.0167. The van der Waals surface area contributed by atoms with Crippen LogP contribution >= 0.6 is 23.2 Å². The van der Waals surface area contributed by atoms with E-state index in [2.05, 4.69) is 17.5 Å². The normalized spacial score (nSPS) is 23.0. The third-order valence-electron chi connectivity index (χ3n) is 6.72. The van der Waals surface area contributed by atoms with Crippen LogP contribution in [0.4, 0.5) is 5.69 Å². The molecule has 0 radical (unpaired) electrons. The number of ketones is 2. The highest BCUT2D eigenvalue weighted by atomic mass is 35.5. The van der Waals surface area contributed by atoms with E-state index in [0.717, 1.165) is 23.2 Å². The molecule has 152 valence electrons. The molecule has 31 heavy (non-hydrogen) atoms. The van der Waals surface area contributed by atoms with Crippen LogP contribution in [0.1, 0.15) is 61.4 Å². The van der Waals surface area contributed by atoms with Crippen LogP contribution in [0.2, 0.25) is 10.0 Å². The number of benzene rings is 3. The maximum absolute atomic E-state index is 13.5. The number of carbonyl (C=O) groups is 2. The summed E-state index contributed by atoms with van der Waals surface area (Å²) in [7, 11) is 0. The molecule has 0 unspecified atom stereocenters. The quantitative estimate of drug-likeness (QED) is 0.336. The van der Waals surface area contributed by atoms with Crippen molar-refractivity contribution in [1.29, 1.82) is 0 Å². The van der Waals surface area contributed by atoms with Gasteiger partial charge in [-0.05, 0) is 47.7 Å². The fourth-order valence-electron chi connectivity index (χ4n) is 5.35. The van der Waals surface area contributed by atoms with Crippen molar-refractivity contribution < 1.29 is 9.59 Å². The number of halogens is 2. The van der Waals surface area contributed by atoms with Gasteiger partial charge in [0, 0.05) is 43.9 Å². The van der Waals surface area contributed by atoms with Gasteiger partial charge in [0.1, 0.15) is 0 Å². The van der Waals surface area contributed by atoms with Crippen LogP contribution in [0.25, 0.3) is 0 Å². The van der Waals surface area contributed by atoms with Gasteiger partial charge in [0.15, 0.2) is 11.6 Å². The number of allylic oxidation sites excluding steroid dienone is 2. The summed E-state index contributed by atoms with van der Waals surface area (Å²) in [4.78, 5) is 26.7. The molecule has 3 aliphatic rings. The average Bonchev–Trinajstić information content (AvgIpc) is 3.26. The zero-order chi connectivity index (χ0) is 21.3. The first kappa shape index (κ1) is 18.9. The van der Waals surface area contributed by atoms with Crippen molar-refractivity contribution >= 4 is 40.5 Å². The molecule has 1 aliphatic heterocycles. The SMILES string of the molecule is O=C1c2ccccc2C(=O)c2c1ccc1c2[C@@H]2C=CC[C@@H]2[C@H](c2ccc(Cl)cc2Cl)N1. The van der Waals surface area contributed by atoms with Crippen LogP contribution in [-0.4, -0.2) is 11.6 Å². The Balaban J connectivity index is 1.54. The average molecular weight is 446 g/mol. The Morgan fingerprint density at radius 3 is 2.42 bits per heavy atom. The zero-order valence-corrected chi connectivity index (χ0v) is 17.9. The predicted molar refractivity (Wildman–Crippen MR) is 123 cm³/mol. The number of rotatable bonds is 1. The Kier molecular flexibility index (Phi) is 4.14. The maximum atomic E-state index is 13.5. The summed E-state index contributed by atoms with van der Waals surface area (Å²) in [5.74, 6) is 0.0583. The summed E-state index contributed by atoms with van der Waals surface area (Å²) < 4.78 is 0. The van der Waals surface area contributed by atoms with Gasteiger partial charge in [0.25, 0.3) is 0 Å². The van der Waals surface area contributed by atoms with Crippen LogP contribution in [0.3, 0.4) is 0 Å². The Bertz CT molecular complexity index is 1330. The first-order valence-corrected chi connectivity index (χ1v) is 11.0. The van der Waals surface area contributed by atoms with E-state index in [-0.39, 0.29) is 29.4 Å². The Morgan fingerprint density at radius 1 is 0.871 bits per heavy atom. The minimum Gasteiger partial charge on any atom is -0.378 e. The van der Waals surface area contributed by atoms with Gasteiger partial charge in [-0.3, -0.25) is 9.59 Å². The Hall–Kier alpha value is -2.88. The number of hydrogen-bond acceptors (Lipinski definition) is 3. The largest absolute Gasteiger partial charge is 0.378 e. The van der Waals surface area contributed by atoms with Crippen molar-refractivity contribution in [3.63, 3.8) is 0 Å². The monoisotopic (exact) mass is 445 g/mol. The van der Waals surface area contributed by atoms with E-state index in [4.69, 9.17) is 23.2 Å². The third-order valence-corrected chi connectivity index (χ3v) is 7.28. The molecule has 1 N–H and O–H groups in total. The zero-order valence-electron chi connectivity index (χ0n) is 16.4. The van der Waals surface area contributed by atoms with Crippen molar-refractivity contribution in [2.45, 2.75) is 18.4 Å². The molecule has 0 amide bonds. The summed E-state index contributed by atoms with van der Waals surface area (Å²) in [6.45, 7) is 0. The minimum atomic E-state index is -0.0885. The van der Waals surface area contributed by atoms with Crippen molar-refractivity contribution in [3.8, 4) is 0 Å². The van der Waals surface area contributed by atoms with Crippen LogP contribution in [-0.2, 0) is 0 Å². The molecule has 6 rings (SSSR count). The van der Waals surface area contributed by atoms with Crippen molar-refractivity contribution in [1.82, 2.24) is 0 Å². The van der Waals surface area contributed by atoms with Crippen LogP contribution in [0.5, 0.6) is 0 Å². The molecule has 5 heteroatoms. The summed E-state index contributed by atoms with van der Waals surface area (Å²) in [5.41, 5.74) is 4.78. The highest BCUT2D eigenvalue weighted by molar-refractivity contribution is 6.35. The van der Waals surface area contributed by atoms with Crippen LogP contribution in [0, 0.1) is 5.92 Å². The van der Waals surface area contributed by atoms with Crippen LogP contribution < -0.4 is 5.32 Å². The number of nitrogens with one attached hydrogen (secondary N) is 1. The highest BCUT2D eigenvalue weighted by Gasteiger charge is 2.43. The number of carbonyl (C=O) groups excluding carboxylic acids is 2. The topological polar surface area (TPSA) is 46.2 Å². The smallest absolute Gasteiger partial charge is 0.194 e. The molecule has 0 fully saturated rings. The van der Waals surface area contributed by atoms with Crippen molar-refractivity contribution in [3.05, 3.63) is 110 Å². The van der Waals surface area contributed by atoms with E-state index < -0.39 is 0 Å². The van der Waals surface area contributed by atoms with Crippen molar-refractivity contribution in [2.75, 3.05) is 5.32 Å². The molecule has 3 aromatic carbocycles. The number of hydrogen-bond donors (Lipinski definition) is 1. The van der Waals surface area contributed by atoms with E-state index in [0.29, 0.717) is 32.3 Å². The molecule has 0 bridgehead atoms. The lowest BCUT2D eigenvalue weighted by atomic mass is 9.71. The lowest BCUT2D eigenvalue weighted by Gasteiger charge is -2.39. The molecular weight excluding hydrogens is 429 g/mol. The fraction of sp³-hybridized carbons (Fsp3) is 0.154. The van der Waals surface area contributed by atoms with Gasteiger partial charge in [-0.15, -0.1) is 0 Å². The lowest BCUT2D eigenvalue weighted by molar-refractivity contribution is 0.0978. The molecule has 2 aliphatic carbocycles. The Morgan fingerprint density at radius 2 is 1.65 bits per heavy atom. The molecule has 3 atom stereocenters. The molecule has 1 heterocycles. The molecule has 3 aromatic rings. The first-order valence-electron chi connectivity index (χ1n) is 10.3. The molecule has 0 aromatic heterocycles. The maximum Gasteiger partial charge on any atom is 0.194 e. The van der Waals surface area contributed by atoms with E-state index >= 15 is 0 Å². The molecule has 0 saturated carbocycles.